The van der Waals surface area contributed by atoms with Crippen LogP contribution in [0, 0.1) is 6.92 Å². The van der Waals surface area contributed by atoms with Crippen molar-refractivity contribution in [1.82, 2.24) is 4.57 Å². The van der Waals surface area contributed by atoms with Gasteiger partial charge in [0.25, 0.3) is 0 Å². The summed E-state index contributed by atoms with van der Waals surface area (Å²) in [5.41, 5.74) is 2.88. The molecule has 110 valence electrons. The Morgan fingerprint density at radius 3 is 2.64 bits per heavy atom. The number of carboxylic acids is 1. The summed E-state index contributed by atoms with van der Waals surface area (Å²) in [4.78, 5) is 22.9. The molecule has 22 heavy (non-hydrogen) atoms. The van der Waals surface area contributed by atoms with E-state index in [9.17, 15) is 14.7 Å². The van der Waals surface area contributed by atoms with E-state index in [2.05, 4.69) is 0 Å². The van der Waals surface area contributed by atoms with Gasteiger partial charge in [0.05, 0.1) is 11.7 Å². The first-order valence-corrected chi connectivity index (χ1v) is 6.95. The van der Waals surface area contributed by atoms with Crippen molar-refractivity contribution in [2.45, 2.75) is 13.5 Å². The van der Waals surface area contributed by atoms with Gasteiger partial charge in [-0.2, -0.15) is 0 Å². The molecule has 0 radical (unpaired) electrons. The smallest absolute Gasteiger partial charge is 0.152 e. The van der Waals surface area contributed by atoms with Gasteiger partial charge in [-0.15, -0.1) is 0 Å². The number of rotatable bonds is 4. The number of aryl methyl sites for hydroxylation is 1. The molecule has 4 heteroatoms. The average Bonchev–Trinajstić information content (AvgIpc) is 2.81. The first-order valence-electron chi connectivity index (χ1n) is 6.95. The third kappa shape index (κ3) is 2.29. The highest BCUT2D eigenvalue weighted by Crippen LogP contribution is 2.26. The van der Waals surface area contributed by atoms with Crippen LogP contribution in [0.25, 0.3) is 10.9 Å². The van der Waals surface area contributed by atoms with Crippen molar-refractivity contribution in [1.29, 1.82) is 0 Å². The van der Waals surface area contributed by atoms with Gasteiger partial charge in [0, 0.05) is 23.0 Å². The molecule has 0 fully saturated rings. The van der Waals surface area contributed by atoms with Crippen molar-refractivity contribution in [3.63, 3.8) is 0 Å². The maximum atomic E-state index is 11.5. The Kier molecular flexibility index (Phi) is 3.51. The van der Waals surface area contributed by atoms with Gasteiger partial charge < -0.3 is 14.5 Å². The molecular weight excluding hydrogens is 278 g/mol. The summed E-state index contributed by atoms with van der Waals surface area (Å²) >= 11 is 0. The van der Waals surface area contributed by atoms with E-state index in [0.29, 0.717) is 23.7 Å². The van der Waals surface area contributed by atoms with Crippen LogP contribution in [0.2, 0.25) is 0 Å². The van der Waals surface area contributed by atoms with Gasteiger partial charge >= 0.3 is 0 Å². The molecule has 0 aliphatic carbocycles. The average molecular weight is 292 g/mol. The number of para-hydroxylation sites is 1. The normalized spacial score (nSPS) is 10.8. The standard InChI is InChI=1S/C18H15NO3/c1-12-5-4-6-13(9-12)10-19-16-8-3-2-7-14(16)15(11-20)17(19)18(21)22/h2-9,11H,10H2,1H3,(H,21,22)/p-1. The Bertz CT molecular complexity index is 877. The molecular formula is C18H14NO3-. The molecule has 0 spiro atoms. The summed E-state index contributed by atoms with van der Waals surface area (Å²) in [6.45, 7) is 2.35. The van der Waals surface area contributed by atoms with Gasteiger partial charge in [0.1, 0.15) is 0 Å². The Labute approximate surface area is 127 Å². The van der Waals surface area contributed by atoms with Gasteiger partial charge in [-0.25, -0.2) is 0 Å². The second kappa shape index (κ2) is 5.48. The predicted molar refractivity (Wildman–Crippen MR) is 81.9 cm³/mol. The molecule has 0 aliphatic heterocycles. The number of aromatic nitrogens is 1. The zero-order valence-electron chi connectivity index (χ0n) is 12.1. The highest BCUT2D eigenvalue weighted by Gasteiger charge is 2.17. The first kappa shape index (κ1) is 14.1. The van der Waals surface area contributed by atoms with Crippen molar-refractivity contribution in [3.8, 4) is 0 Å². The summed E-state index contributed by atoms with van der Waals surface area (Å²) in [6, 6.07) is 15.0. The summed E-state index contributed by atoms with van der Waals surface area (Å²) < 4.78 is 1.63. The number of carbonyl (C=O) groups excluding carboxylic acids is 2. The molecule has 0 amide bonds. The monoisotopic (exact) mass is 292 g/mol. The Hall–Kier alpha value is -2.88. The van der Waals surface area contributed by atoms with Crippen LogP contribution >= 0.6 is 0 Å². The third-order valence-corrected chi connectivity index (χ3v) is 3.74. The third-order valence-electron chi connectivity index (χ3n) is 3.74. The zero-order chi connectivity index (χ0) is 15.7. The molecule has 0 bridgehead atoms. The van der Waals surface area contributed by atoms with Crippen molar-refractivity contribution in [2.24, 2.45) is 0 Å². The number of carboxylic acid groups (broad SMARTS) is 1. The van der Waals surface area contributed by atoms with E-state index in [0.717, 1.165) is 11.1 Å². The Morgan fingerprint density at radius 1 is 1.18 bits per heavy atom. The highest BCUT2D eigenvalue weighted by atomic mass is 16.4. The van der Waals surface area contributed by atoms with Crippen LogP contribution in [0.5, 0.6) is 0 Å². The van der Waals surface area contributed by atoms with E-state index in [1.165, 1.54) is 0 Å². The fourth-order valence-electron chi connectivity index (χ4n) is 2.83. The van der Waals surface area contributed by atoms with E-state index in [1.54, 1.807) is 16.7 Å². The topological polar surface area (TPSA) is 62.1 Å². The van der Waals surface area contributed by atoms with Crippen LogP contribution in [0.1, 0.15) is 32.0 Å². The minimum absolute atomic E-state index is 0.0716. The molecule has 1 aromatic heterocycles. The van der Waals surface area contributed by atoms with E-state index in [-0.39, 0.29) is 11.3 Å². The van der Waals surface area contributed by atoms with Crippen molar-refractivity contribution >= 4 is 23.2 Å². The van der Waals surface area contributed by atoms with Gasteiger partial charge in [-0.05, 0) is 18.6 Å². The molecule has 0 aliphatic rings. The van der Waals surface area contributed by atoms with Gasteiger partial charge in [0.15, 0.2) is 6.29 Å². The minimum Gasteiger partial charge on any atom is -0.543 e. The van der Waals surface area contributed by atoms with Crippen LogP contribution in [0.4, 0.5) is 0 Å². The lowest BCUT2D eigenvalue weighted by atomic mass is 10.1. The van der Waals surface area contributed by atoms with Gasteiger partial charge in [-0.1, -0.05) is 48.0 Å². The second-order valence-corrected chi connectivity index (χ2v) is 5.26. The van der Waals surface area contributed by atoms with E-state index in [1.807, 2.05) is 43.3 Å². The number of aromatic carboxylic acids is 1. The number of nitrogens with zero attached hydrogens (tertiary/aromatic N) is 1. The molecule has 4 nitrogen and oxygen atoms in total. The molecule has 0 atom stereocenters. The number of hydrogen-bond donors (Lipinski definition) is 0. The SMILES string of the molecule is Cc1cccc(Cn2c(C(=O)[O-])c(C=O)c3ccccc32)c1. The van der Waals surface area contributed by atoms with Gasteiger partial charge in [0.2, 0.25) is 0 Å². The fraction of sp³-hybridized carbons (Fsp3) is 0.111. The fourth-order valence-corrected chi connectivity index (χ4v) is 2.83. The minimum atomic E-state index is -1.34. The quantitative estimate of drug-likeness (QED) is 0.692. The first-order chi connectivity index (χ1) is 10.6. The molecule has 2 aromatic carbocycles. The van der Waals surface area contributed by atoms with Crippen LogP contribution in [-0.2, 0) is 6.54 Å². The lowest BCUT2D eigenvalue weighted by molar-refractivity contribution is -0.255. The van der Waals surface area contributed by atoms with Crippen LogP contribution in [0.3, 0.4) is 0 Å². The highest BCUT2D eigenvalue weighted by molar-refractivity contribution is 6.07. The lowest BCUT2D eigenvalue weighted by Gasteiger charge is -2.12. The summed E-state index contributed by atoms with van der Waals surface area (Å²) in [5.74, 6) is -1.34. The van der Waals surface area contributed by atoms with Crippen LogP contribution in [0.15, 0.2) is 48.5 Å². The number of aldehydes is 1. The second-order valence-electron chi connectivity index (χ2n) is 5.26. The Morgan fingerprint density at radius 2 is 1.95 bits per heavy atom. The zero-order valence-corrected chi connectivity index (χ0v) is 12.1. The molecule has 3 rings (SSSR count). The van der Waals surface area contributed by atoms with E-state index < -0.39 is 5.97 Å². The molecule has 1 heterocycles. The van der Waals surface area contributed by atoms with Crippen molar-refractivity contribution in [2.75, 3.05) is 0 Å². The molecule has 0 saturated carbocycles. The van der Waals surface area contributed by atoms with Crippen molar-refractivity contribution < 1.29 is 14.7 Å². The summed E-state index contributed by atoms with van der Waals surface area (Å²) in [6.07, 6.45) is 0.584. The van der Waals surface area contributed by atoms with E-state index >= 15 is 0 Å². The maximum Gasteiger partial charge on any atom is 0.152 e. The molecule has 3 aromatic rings. The van der Waals surface area contributed by atoms with Crippen LogP contribution in [-0.4, -0.2) is 16.8 Å². The van der Waals surface area contributed by atoms with Crippen molar-refractivity contribution in [3.05, 3.63) is 70.9 Å². The molecule has 0 unspecified atom stereocenters. The largest absolute Gasteiger partial charge is 0.543 e. The van der Waals surface area contributed by atoms with Crippen LogP contribution < -0.4 is 5.11 Å². The number of hydrogen-bond acceptors (Lipinski definition) is 3. The number of fused-ring (bicyclic) bond motifs is 1. The van der Waals surface area contributed by atoms with Gasteiger partial charge in [-0.3, -0.25) is 4.79 Å². The summed E-state index contributed by atoms with van der Waals surface area (Å²) in [5, 5.41) is 12.2. The lowest BCUT2D eigenvalue weighted by Crippen LogP contribution is -2.27. The number of carbonyl (C=O) groups is 2. The van der Waals surface area contributed by atoms with E-state index in [4.69, 9.17) is 0 Å². The predicted octanol–water partition coefficient (Wildman–Crippen LogP) is 2.17. The molecule has 0 saturated heterocycles. The summed E-state index contributed by atoms with van der Waals surface area (Å²) in [7, 11) is 0. The molecule has 0 N–H and O–H groups in total. The maximum absolute atomic E-state index is 11.5. The Balaban J connectivity index is 2.25. The number of benzene rings is 2.